The van der Waals surface area contributed by atoms with Crippen molar-refractivity contribution >= 4 is 23.1 Å². The van der Waals surface area contributed by atoms with Crippen LogP contribution in [0, 0.1) is 0 Å². The van der Waals surface area contributed by atoms with Gasteiger partial charge in [0.2, 0.25) is 5.78 Å². The molecule has 0 bridgehead atoms. The van der Waals surface area contributed by atoms with Crippen molar-refractivity contribution in [3.63, 3.8) is 0 Å². The Balaban J connectivity index is 1.65. The monoisotopic (exact) mass is 426 g/mol. The van der Waals surface area contributed by atoms with Crippen LogP contribution in [0.4, 0.5) is 5.82 Å². The zero-order valence-electron chi connectivity index (χ0n) is 17.8. The van der Waals surface area contributed by atoms with Crippen LogP contribution in [0.3, 0.4) is 0 Å². The molecule has 4 aromatic rings. The van der Waals surface area contributed by atoms with Crippen molar-refractivity contribution in [2.24, 2.45) is 4.99 Å². The Morgan fingerprint density at radius 2 is 1.75 bits per heavy atom. The van der Waals surface area contributed by atoms with E-state index in [4.69, 9.17) is 14.5 Å². The van der Waals surface area contributed by atoms with Gasteiger partial charge in [-0.3, -0.25) is 14.2 Å². The fraction of sp³-hybridized carbons (Fsp3) is 0.160. The Hall–Kier alpha value is -4.13. The number of ether oxygens (including phenoxy) is 2. The molecule has 5 rings (SSSR count). The SMILES string of the molecule is COc1ccc(C2=N[C@@H](Cc3ccccc3)C(=O)c3c(nc4ccccn34)N2)cc1OC. The van der Waals surface area contributed by atoms with Crippen LogP contribution in [0.1, 0.15) is 21.6 Å². The molecule has 1 N–H and O–H groups in total. The predicted octanol–water partition coefficient (Wildman–Crippen LogP) is 4.02. The first kappa shape index (κ1) is 19.8. The van der Waals surface area contributed by atoms with Crippen molar-refractivity contribution < 1.29 is 14.3 Å². The van der Waals surface area contributed by atoms with E-state index in [0.29, 0.717) is 40.9 Å². The Morgan fingerprint density at radius 1 is 0.969 bits per heavy atom. The number of carbonyl (C=O) groups excluding carboxylic acids is 1. The van der Waals surface area contributed by atoms with Crippen LogP contribution in [0.15, 0.2) is 77.9 Å². The number of fused-ring (bicyclic) bond motifs is 3. The highest BCUT2D eigenvalue weighted by molar-refractivity contribution is 6.16. The molecule has 2 aromatic carbocycles. The largest absolute Gasteiger partial charge is 0.493 e. The third-order valence-corrected chi connectivity index (χ3v) is 5.52. The van der Waals surface area contributed by atoms with Crippen LogP contribution >= 0.6 is 0 Å². The lowest BCUT2D eigenvalue weighted by atomic mass is 10.0. The summed E-state index contributed by atoms with van der Waals surface area (Å²) in [5.41, 5.74) is 3.02. The molecule has 7 heteroatoms. The highest BCUT2D eigenvalue weighted by atomic mass is 16.5. The van der Waals surface area contributed by atoms with Gasteiger partial charge in [0.1, 0.15) is 23.2 Å². The molecule has 0 aliphatic carbocycles. The lowest BCUT2D eigenvalue weighted by molar-refractivity contribution is 0.0958. The highest BCUT2D eigenvalue weighted by Crippen LogP contribution is 2.30. The Kier molecular flexibility index (Phi) is 5.07. The smallest absolute Gasteiger partial charge is 0.208 e. The predicted molar refractivity (Wildman–Crippen MR) is 123 cm³/mol. The first-order chi connectivity index (χ1) is 15.7. The lowest BCUT2D eigenvalue weighted by Gasteiger charge is -2.13. The molecule has 1 atom stereocenters. The van der Waals surface area contributed by atoms with Gasteiger partial charge in [0.25, 0.3) is 0 Å². The lowest BCUT2D eigenvalue weighted by Crippen LogP contribution is -2.23. The van der Waals surface area contributed by atoms with Crippen LogP contribution in [0.25, 0.3) is 5.65 Å². The van der Waals surface area contributed by atoms with E-state index in [1.165, 1.54) is 0 Å². The summed E-state index contributed by atoms with van der Waals surface area (Å²) in [4.78, 5) is 23.2. The second kappa shape index (κ2) is 8.19. The number of nitrogens with one attached hydrogen (secondary N) is 1. The quantitative estimate of drug-likeness (QED) is 0.522. The van der Waals surface area contributed by atoms with Gasteiger partial charge in [0.15, 0.2) is 17.3 Å². The van der Waals surface area contributed by atoms with Gasteiger partial charge in [-0.25, -0.2) is 4.98 Å². The minimum absolute atomic E-state index is 0.0782. The van der Waals surface area contributed by atoms with E-state index in [0.717, 1.165) is 11.1 Å². The zero-order valence-corrected chi connectivity index (χ0v) is 17.8. The fourth-order valence-electron chi connectivity index (χ4n) is 3.94. The number of carbonyl (C=O) groups is 1. The number of Topliss-reactive ketones (excluding diaryl/α,β-unsaturated/α-hetero) is 1. The fourth-order valence-corrected chi connectivity index (χ4v) is 3.94. The summed E-state index contributed by atoms with van der Waals surface area (Å²) in [5.74, 6) is 2.17. The Morgan fingerprint density at radius 3 is 2.53 bits per heavy atom. The number of hydrogen-bond acceptors (Lipinski definition) is 6. The summed E-state index contributed by atoms with van der Waals surface area (Å²) in [6.07, 6.45) is 2.33. The maximum Gasteiger partial charge on any atom is 0.208 e. The molecule has 0 amide bonds. The van der Waals surface area contributed by atoms with E-state index in [1.54, 1.807) is 14.2 Å². The van der Waals surface area contributed by atoms with Crippen molar-refractivity contribution in [3.8, 4) is 11.5 Å². The molecular weight excluding hydrogens is 404 g/mol. The minimum atomic E-state index is -0.602. The average molecular weight is 426 g/mol. The first-order valence-corrected chi connectivity index (χ1v) is 10.3. The first-order valence-electron chi connectivity index (χ1n) is 10.3. The topological polar surface area (TPSA) is 77.2 Å². The van der Waals surface area contributed by atoms with Crippen molar-refractivity contribution in [1.29, 1.82) is 0 Å². The molecule has 0 unspecified atom stereocenters. The standard InChI is InChI=1S/C25H22N4O3/c1-31-19-12-11-17(15-20(19)32-2)24-26-18(14-16-8-4-3-5-9-16)23(30)22-25(28-24)27-21-10-6-7-13-29(21)22/h3-13,15,18H,14H2,1-2H3,(H,26,28)/t18-/m0/s1. The van der Waals surface area contributed by atoms with Gasteiger partial charge in [-0.1, -0.05) is 36.4 Å². The molecule has 0 radical (unpaired) electrons. The van der Waals surface area contributed by atoms with Gasteiger partial charge in [-0.05, 0) is 35.9 Å². The molecule has 0 saturated carbocycles. The van der Waals surface area contributed by atoms with Crippen LogP contribution in [-0.2, 0) is 6.42 Å². The molecule has 0 fully saturated rings. The van der Waals surface area contributed by atoms with Crippen molar-refractivity contribution in [2.75, 3.05) is 19.5 Å². The third kappa shape index (κ3) is 3.47. The summed E-state index contributed by atoms with van der Waals surface area (Å²) >= 11 is 0. The number of nitrogens with zero attached hydrogens (tertiary/aromatic N) is 3. The van der Waals surface area contributed by atoms with Crippen molar-refractivity contribution in [2.45, 2.75) is 12.5 Å². The number of anilines is 1. The van der Waals surface area contributed by atoms with Gasteiger partial charge < -0.3 is 14.8 Å². The van der Waals surface area contributed by atoms with E-state index in [1.807, 2.05) is 77.3 Å². The number of ketones is 1. The molecule has 3 heterocycles. The number of amidine groups is 1. The zero-order chi connectivity index (χ0) is 22.1. The molecule has 7 nitrogen and oxygen atoms in total. The number of rotatable bonds is 5. The second-order valence-electron chi connectivity index (χ2n) is 7.48. The minimum Gasteiger partial charge on any atom is -0.493 e. The summed E-state index contributed by atoms with van der Waals surface area (Å²) in [6, 6.07) is 20.5. The van der Waals surface area contributed by atoms with Crippen molar-refractivity contribution in [1.82, 2.24) is 9.38 Å². The number of aliphatic imine (C=N–C) groups is 1. The summed E-state index contributed by atoms with van der Waals surface area (Å²) < 4.78 is 12.6. The maximum absolute atomic E-state index is 13.7. The molecule has 0 saturated heterocycles. The molecule has 1 aliphatic heterocycles. The Labute approximate surface area is 185 Å². The van der Waals surface area contributed by atoms with E-state index < -0.39 is 6.04 Å². The summed E-state index contributed by atoms with van der Waals surface area (Å²) in [7, 11) is 3.18. The van der Waals surface area contributed by atoms with Crippen LogP contribution < -0.4 is 14.8 Å². The summed E-state index contributed by atoms with van der Waals surface area (Å²) in [5, 5.41) is 3.30. The van der Waals surface area contributed by atoms with E-state index >= 15 is 0 Å². The molecule has 160 valence electrons. The van der Waals surface area contributed by atoms with Crippen LogP contribution in [-0.4, -0.2) is 41.3 Å². The number of hydrogen-bond donors (Lipinski definition) is 1. The Bertz CT molecular complexity index is 1330. The van der Waals surface area contributed by atoms with Gasteiger partial charge in [0.05, 0.1) is 14.2 Å². The molecule has 2 aromatic heterocycles. The van der Waals surface area contributed by atoms with Gasteiger partial charge in [0, 0.05) is 18.2 Å². The molecule has 1 aliphatic rings. The molecular formula is C25H22N4O3. The van der Waals surface area contributed by atoms with Gasteiger partial charge in [-0.15, -0.1) is 0 Å². The number of pyridine rings is 1. The van der Waals surface area contributed by atoms with Gasteiger partial charge in [-0.2, -0.15) is 0 Å². The number of imidazole rings is 1. The van der Waals surface area contributed by atoms with E-state index in [2.05, 4.69) is 10.3 Å². The maximum atomic E-state index is 13.7. The highest BCUT2D eigenvalue weighted by Gasteiger charge is 2.31. The normalized spacial score (nSPS) is 15.5. The molecule has 32 heavy (non-hydrogen) atoms. The average Bonchev–Trinajstić information content (AvgIpc) is 3.14. The number of aromatic nitrogens is 2. The van der Waals surface area contributed by atoms with Crippen LogP contribution in [0.5, 0.6) is 11.5 Å². The van der Waals surface area contributed by atoms with Gasteiger partial charge >= 0.3 is 0 Å². The van der Waals surface area contributed by atoms with Crippen molar-refractivity contribution in [3.05, 3.63) is 89.7 Å². The summed E-state index contributed by atoms with van der Waals surface area (Å²) in [6.45, 7) is 0. The van der Waals surface area contributed by atoms with Crippen LogP contribution in [0.2, 0.25) is 0 Å². The van der Waals surface area contributed by atoms with E-state index in [9.17, 15) is 4.79 Å². The number of benzene rings is 2. The molecule has 0 spiro atoms. The second-order valence-corrected chi connectivity index (χ2v) is 7.48. The third-order valence-electron chi connectivity index (χ3n) is 5.52. The van der Waals surface area contributed by atoms with E-state index in [-0.39, 0.29) is 5.78 Å². The number of methoxy groups -OCH3 is 2.